The van der Waals surface area contributed by atoms with Gasteiger partial charge < -0.3 is 4.42 Å². The number of sulfonamides is 1. The second-order valence-electron chi connectivity index (χ2n) is 3.74. The van der Waals surface area contributed by atoms with E-state index in [2.05, 4.69) is 14.7 Å². The zero-order chi connectivity index (χ0) is 14.3. The molecule has 0 radical (unpaired) electrons. The van der Waals surface area contributed by atoms with E-state index >= 15 is 0 Å². The molecule has 104 valence electrons. The monoisotopic (exact) mass is 331 g/mol. The standard InChI is InChI=1S/C10H6ClN3O4S2/c11-5-3-6-7(18-10(15)13-6)4-8(5)20(16,17)14-9-12-1-2-19-9/h1-4H,(H,12,14)(H,13,15). The van der Waals surface area contributed by atoms with Crippen molar-refractivity contribution in [1.29, 1.82) is 0 Å². The average Bonchev–Trinajstić information content (AvgIpc) is 2.95. The van der Waals surface area contributed by atoms with Crippen molar-refractivity contribution in [1.82, 2.24) is 9.97 Å². The van der Waals surface area contributed by atoms with Crippen molar-refractivity contribution < 1.29 is 12.8 Å². The van der Waals surface area contributed by atoms with E-state index < -0.39 is 15.8 Å². The van der Waals surface area contributed by atoms with E-state index in [9.17, 15) is 13.2 Å². The number of hydrogen-bond acceptors (Lipinski definition) is 6. The third-order valence-corrected chi connectivity index (χ3v) is 5.04. The smallest absolute Gasteiger partial charge is 0.408 e. The molecule has 0 bridgehead atoms. The summed E-state index contributed by atoms with van der Waals surface area (Å²) in [7, 11) is -3.91. The lowest BCUT2D eigenvalue weighted by Crippen LogP contribution is -2.13. The van der Waals surface area contributed by atoms with Gasteiger partial charge in [-0.05, 0) is 6.07 Å². The number of halogens is 1. The Morgan fingerprint density at radius 2 is 2.20 bits per heavy atom. The lowest BCUT2D eigenvalue weighted by Gasteiger charge is -2.06. The average molecular weight is 332 g/mol. The molecule has 2 N–H and O–H groups in total. The minimum absolute atomic E-state index is 0.0291. The third-order valence-electron chi connectivity index (χ3n) is 2.42. The third kappa shape index (κ3) is 2.30. The largest absolute Gasteiger partial charge is 0.417 e. The van der Waals surface area contributed by atoms with Gasteiger partial charge in [-0.2, -0.15) is 0 Å². The summed E-state index contributed by atoms with van der Waals surface area (Å²) < 4.78 is 31.5. The fraction of sp³-hybridized carbons (Fsp3) is 0. The number of aromatic nitrogens is 2. The summed E-state index contributed by atoms with van der Waals surface area (Å²) in [5.74, 6) is -0.682. The molecule has 7 nitrogen and oxygen atoms in total. The van der Waals surface area contributed by atoms with Crippen LogP contribution in [0.5, 0.6) is 0 Å². The Bertz CT molecular complexity index is 927. The molecule has 0 saturated carbocycles. The maximum atomic E-state index is 12.2. The van der Waals surface area contributed by atoms with Crippen LogP contribution in [0.2, 0.25) is 5.02 Å². The number of H-pyrrole nitrogens is 1. The highest BCUT2D eigenvalue weighted by atomic mass is 35.5. The molecule has 20 heavy (non-hydrogen) atoms. The summed E-state index contributed by atoms with van der Waals surface area (Å²) in [5, 5.41) is 1.82. The van der Waals surface area contributed by atoms with Crippen molar-refractivity contribution in [2.45, 2.75) is 4.90 Å². The molecule has 0 aliphatic heterocycles. The Balaban J connectivity index is 2.12. The highest BCUT2D eigenvalue weighted by Gasteiger charge is 2.21. The molecular weight excluding hydrogens is 326 g/mol. The van der Waals surface area contributed by atoms with Crippen LogP contribution >= 0.6 is 22.9 Å². The summed E-state index contributed by atoms with van der Waals surface area (Å²) in [5.41, 5.74) is 0.437. The lowest BCUT2D eigenvalue weighted by atomic mass is 10.3. The van der Waals surface area contributed by atoms with Crippen LogP contribution in [0, 0.1) is 0 Å². The van der Waals surface area contributed by atoms with Crippen molar-refractivity contribution in [2.24, 2.45) is 0 Å². The van der Waals surface area contributed by atoms with E-state index in [-0.39, 0.29) is 20.6 Å². The molecule has 0 amide bonds. The number of nitrogens with zero attached hydrogens (tertiary/aromatic N) is 1. The number of fused-ring (bicyclic) bond motifs is 1. The van der Waals surface area contributed by atoms with Gasteiger partial charge in [-0.15, -0.1) is 11.3 Å². The number of hydrogen-bond donors (Lipinski definition) is 2. The molecule has 10 heteroatoms. The maximum absolute atomic E-state index is 12.2. The first-order valence-electron chi connectivity index (χ1n) is 5.20. The summed E-state index contributed by atoms with van der Waals surface area (Å²) in [6.07, 6.45) is 1.47. The normalized spacial score (nSPS) is 11.8. The Morgan fingerprint density at radius 1 is 1.40 bits per heavy atom. The highest BCUT2D eigenvalue weighted by Crippen LogP contribution is 2.28. The van der Waals surface area contributed by atoms with Gasteiger partial charge in [0.1, 0.15) is 4.90 Å². The molecule has 2 heterocycles. The van der Waals surface area contributed by atoms with Crippen molar-refractivity contribution >= 4 is 49.2 Å². The molecule has 1 aromatic carbocycles. The molecule has 3 aromatic rings. The predicted octanol–water partition coefficient (Wildman–Crippen LogP) is 2.03. The van der Waals surface area contributed by atoms with Crippen LogP contribution < -0.4 is 10.5 Å². The number of aromatic amines is 1. The van der Waals surface area contributed by atoms with Crippen LogP contribution in [0.1, 0.15) is 0 Å². The highest BCUT2D eigenvalue weighted by molar-refractivity contribution is 7.93. The van der Waals surface area contributed by atoms with Gasteiger partial charge in [0.2, 0.25) is 0 Å². The fourth-order valence-electron chi connectivity index (χ4n) is 1.60. The van der Waals surface area contributed by atoms with Crippen LogP contribution in [0.4, 0.5) is 5.13 Å². The van der Waals surface area contributed by atoms with Crippen LogP contribution in [0.3, 0.4) is 0 Å². The van der Waals surface area contributed by atoms with E-state index in [1.165, 1.54) is 18.3 Å². The van der Waals surface area contributed by atoms with Gasteiger partial charge in [0.05, 0.1) is 10.5 Å². The SMILES string of the molecule is O=c1[nH]c2cc(Cl)c(S(=O)(=O)Nc3nccs3)cc2o1. The number of anilines is 1. The first-order valence-corrected chi connectivity index (χ1v) is 7.94. The molecule has 0 aliphatic rings. The number of oxazole rings is 1. The van der Waals surface area contributed by atoms with Crippen LogP contribution in [-0.4, -0.2) is 18.4 Å². The number of thiazole rings is 1. The van der Waals surface area contributed by atoms with E-state index in [4.69, 9.17) is 16.0 Å². The molecule has 0 saturated heterocycles. The van der Waals surface area contributed by atoms with Crippen LogP contribution in [-0.2, 0) is 10.0 Å². The van der Waals surface area contributed by atoms with Gasteiger partial charge >= 0.3 is 5.76 Å². The van der Waals surface area contributed by atoms with Crippen molar-refractivity contribution in [3.8, 4) is 0 Å². The van der Waals surface area contributed by atoms with E-state index in [1.54, 1.807) is 5.38 Å². The van der Waals surface area contributed by atoms with Crippen molar-refractivity contribution in [2.75, 3.05) is 4.72 Å². The van der Waals surface area contributed by atoms with Crippen molar-refractivity contribution in [3.63, 3.8) is 0 Å². The van der Waals surface area contributed by atoms with E-state index in [1.807, 2.05) is 0 Å². The van der Waals surface area contributed by atoms with Gasteiger partial charge in [-0.25, -0.2) is 18.2 Å². The Kier molecular flexibility index (Phi) is 3.04. The summed E-state index contributed by atoms with van der Waals surface area (Å²) in [6.45, 7) is 0. The van der Waals surface area contributed by atoms with Crippen molar-refractivity contribution in [3.05, 3.63) is 39.3 Å². The van der Waals surface area contributed by atoms with Gasteiger partial charge in [-0.1, -0.05) is 11.6 Å². The van der Waals surface area contributed by atoms with E-state index in [0.29, 0.717) is 5.52 Å². The topological polar surface area (TPSA) is 105 Å². The minimum atomic E-state index is -3.91. The van der Waals surface area contributed by atoms with Gasteiger partial charge in [0.15, 0.2) is 10.7 Å². The molecule has 0 atom stereocenters. The zero-order valence-corrected chi connectivity index (χ0v) is 12.0. The summed E-state index contributed by atoms with van der Waals surface area (Å²) in [6, 6.07) is 2.50. The number of rotatable bonds is 3. The molecule has 0 fully saturated rings. The maximum Gasteiger partial charge on any atom is 0.417 e. The van der Waals surface area contributed by atoms with Gasteiger partial charge in [-0.3, -0.25) is 9.71 Å². The molecule has 0 aliphatic carbocycles. The van der Waals surface area contributed by atoms with Crippen LogP contribution in [0.25, 0.3) is 11.1 Å². The molecular formula is C10H6ClN3O4S2. The lowest BCUT2D eigenvalue weighted by molar-refractivity contribution is 0.554. The minimum Gasteiger partial charge on any atom is -0.408 e. The van der Waals surface area contributed by atoms with Crippen LogP contribution in [0.15, 0.2) is 37.8 Å². The summed E-state index contributed by atoms with van der Waals surface area (Å²) in [4.78, 5) is 17.1. The Hall–Kier alpha value is -1.84. The zero-order valence-electron chi connectivity index (χ0n) is 9.58. The number of benzene rings is 1. The Morgan fingerprint density at radius 3 is 2.90 bits per heavy atom. The molecule has 3 rings (SSSR count). The predicted molar refractivity (Wildman–Crippen MR) is 74.8 cm³/mol. The Labute approximate surface area is 121 Å². The molecule has 0 unspecified atom stereocenters. The first-order chi connectivity index (χ1) is 9.45. The quantitative estimate of drug-likeness (QED) is 0.764. The van der Waals surface area contributed by atoms with Gasteiger partial charge in [0, 0.05) is 17.6 Å². The first kappa shape index (κ1) is 13.2. The second kappa shape index (κ2) is 4.62. The second-order valence-corrected chi connectivity index (χ2v) is 6.69. The van der Waals surface area contributed by atoms with E-state index in [0.717, 1.165) is 11.3 Å². The fourth-order valence-corrected chi connectivity index (χ4v) is 3.93. The molecule has 0 spiro atoms. The van der Waals surface area contributed by atoms with Gasteiger partial charge in [0.25, 0.3) is 10.0 Å². The number of nitrogens with one attached hydrogen (secondary N) is 2. The molecule has 2 aromatic heterocycles. The summed E-state index contributed by atoms with van der Waals surface area (Å²) >= 11 is 7.07.